The molecule has 0 aliphatic heterocycles. The van der Waals surface area contributed by atoms with Crippen molar-refractivity contribution in [3.05, 3.63) is 120 Å². The highest BCUT2D eigenvalue weighted by Gasteiger charge is 2.39. The molecule has 5 heteroatoms. The fourth-order valence-electron chi connectivity index (χ4n) is 4.22. The summed E-state index contributed by atoms with van der Waals surface area (Å²) in [5.74, 6) is -0.658. The summed E-state index contributed by atoms with van der Waals surface area (Å²) in [7, 11) is -3.56. The van der Waals surface area contributed by atoms with Crippen LogP contribution in [0.25, 0.3) is 10.8 Å². The number of benzene rings is 4. The Kier molecular flexibility index (Phi) is 7.74. The third-order valence-corrected chi connectivity index (χ3v) is 7.94. The molecule has 4 nitrogen and oxygen atoms in total. The average molecular weight is 460 g/mol. The molecule has 1 N–H and O–H groups in total. The summed E-state index contributed by atoms with van der Waals surface area (Å²) in [5, 5.41) is 5.80. The lowest BCUT2D eigenvalue weighted by Crippen LogP contribution is -2.29. The summed E-state index contributed by atoms with van der Waals surface area (Å²) < 4.78 is 26.0. The van der Waals surface area contributed by atoms with Crippen LogP contribution in [0.5, 0.6) is 0 Å². The van der Waals surface area contributed by atoms with Gasteiger partial charge in [0.2, 0.25) is 0 Å². The zero-order valence-electron chi connectivity index (χ0n) is 19.1. The summed E-state index contributed by atoms with van der Waals surface area (Å²) in [6, 6.07) is 34.4. The molecule has 170 valence electrons. The Labute approximate surface area is 196 Å². The molecule has 0 saturated carbocycles. The molecule has 0 amide bonds. The molecule has 0 aromatic heterocycles. The van der Waals surface area contributed by atoms with Gasteiger partial charge in [0.05, 0.1) is 19.3 Å². The topological polar surface area (TPSA) is 47.6 Å². The minimum Gasteiger partial charge on any atom is -0.308 e. The molecule has 0 radical (unpaired) electrons. The van der Waals surface area contributed by atoms with Crippen molar-refractivity contribution in [1.29, 1.82) is 0 Å². The number of nitrogens with one attached hydrogen (secondary N) is 1. The maximum atomic E-state index is 14.2. The fourth-order valence-corrected chi connectivity index (χ4v) is 6.21. The molecule has 4 aromatic carbocycles. The van der Waals surface area contributed by atoms with Crippen molar-refractivity contribution in [1.82, 2.24) is 5.32 Å². The van der Waals surface area contributed by atoms with Crippen LogP contribution in [0.2, 0.25) is 0 Å². The third-order valence-electron chi connectivity index (χ3n) is 5.64. The number of hydrogen-bond donors (Lipinski definition) is 1. The van der Waals surface area contributed by atoms with E-state index in [2.05, 4.69) is 47.8 Å². The van der Waals surface area contributed by atoms with Gasteiger partial charge in [-0.2, -0.15) is 0 Å². The lowest BCUT2D eigenvalue weighted by molar-refractivity contribution is 0.206. The van der Waals surface area contributed by atoms with Crippen LogP contribution in [-0.2, 0) is 13.6 Å². The van der Waals surface area contributed by atoms with E-state index in [1.54, 1.807) is 0 Å². The first-order valence-electron chi connectivity index (χ1n) is 11.4. The first-order valence-corrected chi connectivity index (χ1v) is 13.0. The lowest BCUT2D eigenvalue weighted by atomic mass is 9.97. The van der Waals surface area contributed by atoms with Crippen LogP contribution in [0.4, 0.5) is 0 Å². The van der Waals surface area contributed by atoms with Gasteiger partial charge in [0.25, 0.3) is 0 Å². The van der Waals surface area contributed by atoms with E-state index in [9.17, 15) is 4.57 Å². The van der Waals surface area contributed by atoms with Crippen LogP contribution < -0.4 is 5.32 Å². The normalized spacial score (nSPS) is 12.8. The molecule has 1 unspecified atom stereocenters. The number of rotatable bonds is 10. The molecule has 1 atom stereocenters. The predicted octanol–water partition coefficient (Wildman–Crippen LogP) is 7.48. The van der Waals surface area contributed by atoms with Crippen LogP contribution in [0.15, 0.2) is 103 Å². The highest BCUT2D eigenvalue weighted by molar-refractivity contribution is 7.54. The van der Waals surface area contributed by atoms with Crippen molar-refractivity contribution in [2.45, 2.75) is 25.7 Å². The van der Waals surface area contributed by atoms with Gasteiger partial charge in [-0.1, -0.05) is 103 Å². The Hall–Kier alpha value is -2.75. The SMILES string of the molecule is CCOP(=O)(OCC)C(NC(c1ccccc1)c1ccccc1)c1cccc2ccccc12. The standard InChI is InChI=1S/C28H30NO3P/c1-3-31-33(30,32-4-2)28(26-21-13-19-22-14-11-12-20-25(22)26)29-27(23-15-7-5-8-16-23)24-17-9-6-10-18-24/h5-21,27-29H,3-4H2,1-2H3. The van der Waals surface area contributed by atoms with Gasteiger partial charge in [0.15, 0.2) is 0 Å². The summed E-state index contributed by atoms with van der Waals surface area (Å²) in [6.45, 7) is 4.28. The van der Waals surface area contributed by atoms with Crippen molar-refractivity contribution >= 4 is 18.4 Å². The molecule has 0 heterocycles. The van der Waals surface area contributed by atoms with E-state index < -0.39 is 13.4 Å². The predicted molar refractivity (Wildman–Crippen MR) is 135 cm³/mol. The van der Waals surface area contributed by atoms with Crippen molar-refractivity contribution in [3.8, 4) is 0 Å². The molecular weight excluding hydrogens is 429 g/mol. The van der Waals surface area contributed by atoms with Gasteiger partial charge in [-0.15, -0.1) is 0 Å². The molecule has 0 spiro atoms. The Morgan fingerprint density at radius 1 is 0.697 bits per heavy atom. The molecule has 33 heavy (non-hydrogen) atoms. The smallest absolute Gasteiger partial charge is 0.308 e. The van der Waals surface area contributed by atoms with Crippen LogP contribution in [0.3, 0.4) is 0 Å². The summed E-state index contributed by atoms with van der Waals surface area (Å²) in [5.41, 5.74) is 3.05. The fraction of sp³-hybridized carbons (Fsp3) is 0.214. The zero-order valence-corrected chi connectivity index (χ0v) is 20.0. The van der Waals surface area contributed by atoms with E-state index in [0.717, 1.165) is 27.5 Å². The summed E-state index contributed by atoms with van der Waals surface area (Å²) in [6.07, 6.45) is 0. The molecular formula is C28H30NO3P. The molecule has 4 rings (SSSR count). The van der Waals surface area contributed by atoms with E-state index in [-0.39, 0.29) is 6.04 Å². The average Bonchev–Trinajstić information content (AvgIpc) is 2.86. The Bertz CT molecular complexity index is 1160. The first kappa shape index (κ1) is 23.4. The van der Waals surface area contributed by atoms with Gasteiger partial charge in [0.1, 0.15) is 5.78 Å². The van der Waals surface area contributed by atoms with Gasteiger partial charge in [-0.05, 0) is 41.3 Å². The van der Waals surface area contributed by atoms with Crippen molar-refractivity contribution in [2.24, 2.45) is 0 Å². The van der Waals surface area contributed by atoms with Crippen LogP contribution in [0, 0.1) is 0 Å². The van der Waals surface area contributed by atoms with Crippen LogP contribution in [0.1, 0.15) is 42.4 Å². The minimum atomic E-state index is -3.56. The van der Waals surface area contributed by atoms with Crippen molar-refractivity contribution in [2.75, 3.05) is 13.2 Å². The van der Waals surface area contributed by atoms with Gasteiger partial charge in [-0.3, -0.25) is 9.88 Å². The largest absolute Gasteiger partial charge is 0.351 e. The second-order valence-corrected chi connectivity index (χ2v) is 9.88. The van der Waals surface area contributed by atoms with E-state index in [4.69, 9.17) is 9.05 Å². The third kappa shape index (κ3) is 5.26. The number of hydrogen-bond acceptors (Lipinski definition) is 4. The van der Waals surface area contributed by atoms with Gasteiger partial charge in [0, 0.05) is 0 Å². The molecule has 0 aliphatic carbocycles. The lowest BCUT2D eigenvalue weighted by Gasteiger charge is -2.32. The van der Waals surface area contributed by atoms with Gasteiger partial charge >= 0.3 is 7.60 Å². The van der Waals surface area contributed by atoms with Crippen LogP contribution >= 0.6 is 7.60 Å². The van der Waals surface area contributed by atoms with Crippen molar-refractivity contribution in [3.63, 3.8) is 0 Å². The summed E-state index contributed by atoms with van der Waals surface area (Å²) >= 11 is 0. The monoisotopic (exact) mass is 459 g/mol. The number of fused-ring (bicyclic) bond motifs is 1. The van der Waals surface area contributed by atoms with Crippen LogP contribution in [-0.4, -0.2) is 13.2 Å². The zero-order chi connectivity index (χ0) is 23.1. The Morgan fingerprint density at radius 2 is 1.21 bits per heavy atom. The highest BCUT2D eigenvalue weighted by atomic mass is 31.2. The van der Waals surface area contributed by atoms with Crippen molar-refractivity contribution < 1.29 is 13.6 Å². The van der Waals surface area contributed by atoms with E-state index in [1.165, 1.54) is 0 Å². The first-order chi connectivity index (χ1) is 16.2. The Balaban J connectivity index is 1.89. The highest BCUT2D eigenvalue weighted by Crippen LogP contribution is 2.61. The molecule has 0 fully saturated rings. The van der Waals surface area contributed by atoms with E-state index in [1.807, 2.05) is 74.5 Å². The van der Waals surface area contributed by atoms with E-state index in [0.29, 0.717) is 13.2 Å². The summed E-state index contributed by atoms with van der Waals surface area (Å²) in [4.78, 5) is 0. The molecule has 0 aliphatic rings. The van der Waals surface area contributed by atoms with E-state index >= 15 is 0 Å². The molecule has 0 saturated heterocycles. The molecule has 0 bridgehead atoms. The minimum absolute atomic E-state index is 0.203. The second-order valence-electron chi connectivity index (χ2n) is 7.77. The second kappa shape index (κ2) is 10.9. The Morgan fingerprint density at radius 3 is 1.79 bits per heavy atom. The van der Waals surface area contributed by atoms with Gasteiger partial charge in [-0.25, -0.2) is 0 Å². The maximum Gasteiger partial charge on any atom is 0.351 e. The maximum absolute atomic E-state index is 14.2. The quantitative estimate of drug-likeness (QED) is 0.250. The molecule has 4 aromatic rings. The van der Waals surface area contributed by atoms with Gasteiger partial charge < -0.3 is 9.05 Å².